The van der Waals surface area contributed by atoms with Gasteiger partial charge in [0, 0.05) is 6.20 Å². The van der Waals surface area contributed by atoms with Crippen molar-refractivity contribution in [2.75, 3.05) is 13.2 Å². The number of nitrogens with zero attached hydrogens (tertiary/aromatic N) is 4. The van der Waals surface area contributed by atoms with E-state index in [0.29, 0.717) is 17.2 Å². The second-order valence-corrected chi connectivity index (χ2v) is 7.96. The van der Waals surface area contributed by atoms with Crippen LogP contribution in [0.5, 0.6) is 5.75 Å². The van der Waals surface area contributed by atoms with Crippen LogP contribution in [0.4, 0.5) is 0 Å². The molecule has 0 atom stereocenters. The van der Waals surface area contributed by atoms with Gasteiger partial charge in [-0.05, 0) is 49.4 Å². The molecule has 0 saturated heterocycles. The molecule has 10 heteroatoms. The smallest absolute Gasteiger partial charge is 0.341 e. The highest BCUT2D eigenvalue weighted by Crippen LogP contribution is 2.14. The third kappa shape index (κ3) is 4.90. The summed E-state index contributed by atoms with van der Waals surface area (Å²) >= 11 is 0. The van der Waals surface area contributed by atoms with Gasteiger partial charge in [0.2, 0.25) is 0 Å². The zero-order valence-electron chi connectivity index (χ0n) is 19.9. The van der Waals surface area contributed by atoms with Gasteiger partial charge in [-0.3, -0.25) is 14.0 Å². The van der Waals surface area contributed by atoms with Gasteiger partial charge in [-0.15, -0.1) is 0 Å². The van der Waals surface area contributed by atoms with Gasteiger partial charge in [-0.2, -0.15) is 4.99 Å². The molecule has 4 aromatic heterocycles. The number of rotatable bonds is 7. The third-order valence-corrected chi connectivity index (χ3v) is 5.52. The van der Waals surface area contributed by atoms with E-state index in [0.717, 1.165) is 0 Å². The summed E-state index contributed by atoms with van der Waals surface area (Å²) in [5.41, 5.74) is 0.169. The van der Waals surface area contributed by atoms with Crippen LogP contribution in [0.25, 0.3) is 16.7 Å². The van der Waals surface area contributed by atoms with Gasteiger partial charge in [-0.25, -0.2) is 9.78 Å². The van der Waals surface area contributed by atoms with E-state index in [1.54, 1.807) is 67.7 Å². The molecule has 0 fully saturated rings. The molecule has 37 heavy (non-hydrogen) atoms. The predicted octanol–water partition coefficient (Wildman–Crippen LogP) is 2.97. The molecule has 1 aromatic carbocycles. The van der Waals surface area contributed by atoms with Crippen molar-refractivity contribution in [3.63, 3.8) is 0 Å². The number of furan rings is 1. The molecule has 4 heterocycles. The van der Waals surface area contributed by atoms with Crippen LogP contribution in [0.15, 0.2) is 93.4 Å². The van der Waals surface area contributed by atoms with Crippen molar-refractivity contribution in [1.29, 1.82) is 0 Å². The molecule has 186 valence electrons. The van der Waals surface area contributed by atoms with Crippen molar-refractivity contribution in [2.45, 2.75) is 13.5 Å². The number of carbonyl (C=O) groups excluding carboxylic acids is 2. The number of esters is 1. The summed E-state index contributed by atoms with van der Waals surface area (Å²) in [5.74, 6) is -0.364. The monoisotopic (exact) mass is 498 g/mol. The predicted molar refractivity (Wildman–Crippen MR) is 133 cm³/mol. The molecular weight excluding hydrogens is 476 g/mol. The van der Waals surface area contributed by atoms with Gasteiger partial charge in [0.05, 0.1) is 24.8 Å². The summed E-state index contributed by atoms with van der Waals surface area (Å²) in [6, 6.07) is 18.8. The molecule has 0 aliphatic carbocycles. The number of benzene rings is 1. The minimum Gasteiger partial charge on any atom is -0.484 e. The number of hydrogen-bond acceptors (Lipinski definition) is 7. The number of aromatic nitrogens is 3. The van der Waals surface area contributed by atoms with Crippen molar-refractivity contribution < 1.29 is 23.5 Å². The van der Waals surface area contributed by atoms with Gasteiger partial charge < -0.3 is 18.5 Å². The maximum absolute atomic E-state index is 13.4. The fraction of sp³-hybridized carbons (Fsp3) is 0.148. The fourth-order valence-electron chi connectivity index (χ4n) is 3.88. The Balaban J connectivity index is 1.75. The Labute approximate surface area is 210 Å². The van der Waals surface area contributed by atoms with Crippen LogP contribution in [0.1, 0.15) is 23.0 Å². The van der Waals surface area contributed by atoms with E-state index in [9.17, 15) is 14.4 Å². The van der Waals surface area contributed by atoms with Crippen LogP contribution in [0, 0.1) is 0 Å². The lowest BCUT2D eigenvalue weighted by Crippen LogP contribution is -2.33. The number of fused-ring (bicyclic) bond motifs is 2. The van der Waals surface area contributed by atoms with Crippen molar-refractivity contribution in [3.05, 3.63) is 106 Å². The summed E-state index contributed by atoms with van der Waals surface area (Å²) < 4.78 is 19.2. The quantitative estimate of drug-likeness (QED) is 0.250. The Hall–Kier alpha value is -4.99. The van der Waals surface area contributed by atoms with Gasteiger partial charge in [0.15, 0.2) is 12.1 Å². The first-order valence-electron chi connectivity index (χ1n) is 11.5. The second kappa shape index (κ2) is 10.3. The minimum atomic E-state index is -0.731. The lowest BCUT2D eigenvalue weighted by Gasteiger charge is -2.14. The lowest BCUT2D eigenvalue weighted by atomic mass is 10.2. The number of carbonyl (C=O) groups is 2. The van der Waals surface area contributed by atoms with E-state index in [-0.39, 0.29) is 47.4 Å². The van der Waals surface area contributed by atoms with Crippen molar-refractivity contribution >= 4 is 28.6 Å². The molecule has 0 aliphatic rings. The summed E-state index contributed by atoms with van der Waals surface area (Å²) in [6.45, 7) is 1.45. The first-order chi connectivity index (χ1) is 18.0. The average Bonchev–Trinajstić information content (AvgIpc) is 3.43. The molecule has 0 saturated carbocycles. The Morgan fingerprint density at radius 3 is 2.62 bits per heavy atom. The maximum atomic E-state index is 13.4. The molecule has 0 radical (unpaired) electrons. The number of para-hydroxylation sites is 1. The molecule has 0 N–H and O–H groups in total. The highest BCUT2D eigenvalue weighted by molar-refractivity contribution is 5.93. The van der Waals surface area contributed by atoms with E-state index >= 15 is 0 Å². The summed E-state index contributed by atoms with van der Waals surface area (Å²) in [4.78, 5) is 48.2. The van der Waals surface area contributed by atoms with Crippen LogP contribution in [0.3, 0.4) is 0 Å². The maximum Gasteiger partial charge on any atom is 0.341 e. The zero-order chi connectivity index (χ0) is 25.8. The van der Waals surface area contributed by atoms with Crippen molar-refractivity contribution in [2.24, 2.45) is 4.99 Å². The van der Waals surface area contributed by atoms with E-state index in [1.807, 2.05) is 6.07 Å². The summed E-state index contributed by atoms with van der Waals surface area (Å²) in [7, 11) is 0. The van der Waals surface area contributed by atoms with Crippen LogP contribution in [-0.2, 0) is 16.1 Å². The Morgan fingerprint density at radius 1 is 1.05 bits per heavy atom. The Kier molecular flexibility index (Phi) is 6.62. The number of hydrogen-bond donors (Lipinski definition) is 0. The summed E-state index contributed by atoms with van der Waals surface area (Å²) in [5, 5.41) is 0.158. The fourth-order valence-corrected chi connectivity index (χ4v) is 3.88. The first kappa shape index (κ1) is 23.7. The van der Waals surface area contributed by atoms with Gasteiger partial charge in [0.1, 0.15) is 28.4 Å². The Morgan fingerprint density at radius 2 is 1.86 bits per heavy atom. The van der Waals surface area contributed by atoms with Crippen LogP contribution in [-0.4, -0.2) is 39.0 Å². The van der Waals surface area contributed by atoms with Crippen LogP contribution < -0.4 is 15.8 Å². The van der Waals surface area contributed by atoms with E-state index in [4.69, 9.17) is 13.9 Å². The SMILES string of the molecule is CCOC(=O)c1cc2c(=O)n3ccccc3nc2n(Cc2ccco2)c1=NC(=O)COc1ccccc1. The minimum absolute atomic E-state index is 0.0174. The number of ether oxygens (including phenoxy) is 2. The number of amides is 1. The Bertz CT molecular complexity index is 1720. The topological polar surface area (TPSA) is 117 Å². The molecule has 0 aliphatic heterocycles. The van der Waals surface area contributed by atoms with Crippen molar-refractivity contribution in [1.82, 2.24) is 14.0 Å². The zero-order valence-corrected chi connectivity index (χ0v) is 19.9. The molecule has 5 rings (SSSR count). The standard InChI is InChI=1S/C27H22N4O6/c1-2-35-27(34)21-15-20-24(28-22-12-6-7-13-30(22)26(20)33)31(16-19-11-8-14-36-19)25(21)29-23(32)17-37-18-9-4-3-5-10-18/h3-15H,2,16-17H2,1H3. The van der Waals surface area contributed by atoms with E-state index in [2.05, 4.69) is 9.98 Å². The van der Waals surface area contributed by atoms with Gasteiger partial charge >= 0.3 is 5.97 Å². The van der Waals surface area contributed by atoms with Crippen molar-refractivity contribution in [3.8, 4) is 5.75 Å². The average molecular weight is 498 g/mol. The van der Waals surface area contributed by atoms with Crippen LogP contribution in [0.2, 0.25) is 0 Å². The molecule has 0 bridgehead atoms. The second-order valence-electron chi connectivity index (χ2n) is 7.96. The van der Waals surface area contributed by atoms with E-state index in [1.165, 1.54) is 21.3 Å². The molecule has 1 amide bonds. The van der Waals surface area contributed by atoms with E-state index < -0.39 is 11.9 Å². The number of pyridine rings is 2. The molecule has 10 nitrogen and oxygen atoms in total. The van der Waals surface area contributed by atoms with Gasteiger partial charge in [-0.1, -0.05) is 24.3 Å². The third-order valence-electron chi connectivity index (χ3n) is 5.52. The van der Waals surface area contributed by atoms with Gasteiger partial charge in [0.25, 0.3) is 11.5 Å². The first-order valence-corrected chi connectivity index (χ1v) is 11.5. The normalized spacial score (nSPS) is 11.6. The highest BCUT2D eigenvalue weighted by atomic mass is 16.5. The van der Waals surface area contributed by atoms with Crippen LogP contribution >= 0.6 is 0 Å². The summed E-state index contributed by atoms with van der Waals surface area (Å²) in [6.07, 6.45) is 3.09. The molecular formula is C27H22N4O6. The molecule has 5 aromatic rings. The molecule has 0 spiro atoms. The largest absolute Gasteiger partial charge is 0.484 e. The lowest BCUT2D eigenvalue weighted by molar-refractivity contribution is -0.120. The highest BCUT2D eigenvalue weighted by Gasteiger charge is 2.21. The molecule has 0 unspecified atom stereocenters.